The zero-order valence-corrected chi connectivity index (χ0v) is 17.3. The fourth-order valence-electron chi connectivity index (χ4n) is 3.01. The van der Waals surface area contributed by atoms with Gasteiger partial charge in [0.05, 0.1) is 19.2 Å². The highest BCUT2D eigenvalue weighted by atomic mass is 16.5. The maximum atomic E-state index is 12.2. The quantitative estimate of drug-likeness (QED) is 0.473. The van der Waals surface area contributed by atoms with Gasteiger partial charge in [0.2, 0.25) is 11.8 Å². The maximum absolute atomic E-state index is 12.2. The number of carbonyl (C=O) groups is 5. The van der Waals surface area contributed by atoms with Crippen LogP contribution in [0, 0.1) is 5.92 Å². The fraction of sp³-hybridized carbons (Fsp3) is 0.476. The van der Waals surface area contributed by atoms with Crippen molar-refractivity contribution in [3.05, 3.63) is 35.4 Å². The van der Waals surface area contributed by atoms with Crippen LogP contribution in [0.25, 0.3) is 0 Å². The molecule has 1 N–H and O–H groups in total. The number of carbonyl (C=O) groups excluding carboxylic acids is 5. The van der Waals surface area contributed by atoms with Crippen LogP contribution in [-0.2, 0) is 35.2 Å². The predicted molar refractivity (Wildman–Crippen MR) is 105 cm³/mol. The highest BCUT2D eigenvalue weighted by molar-refractivity contribution is 6.01. The Hall–Kier alpha value is -3.23. The molecule has 1 aliphatic heterocycles. The van der Waals surface area contributed by atoms with E-state index < -0.39 is 30.5 Å². The molecule has 0 saturated carbocycles. The topological polar surface area (TPSA) is 119 Å². The van der Waals surface area contributed by atoms with Crippen molar-refractivity contribution < 1.29 is 33.4 Å². The molecule has 0 bridgehead atoms. The minimum Gasteiger partial charge on any atom is -0.467 e. The molecule has 1 unspecified atom stereocenters. The molecule has 0 aromatic heterocycles. The van der Waals surface area contributed by atoms with Crippen LogP contribution in [0.3, 0.4) is 0 Å². The molecule has 2 rings (SSSR count). The van der Waals surface area contributed by atoms with Gasteiger partial charge in [0.15, 0.2) is 6.61 Å². The van der Waals surface area contributed by atoms with Crippen molar-refractivity contribution in [3.8, 4) is 0 Å². The van der Waals surface area contributed by atoms with Crippen molar-refractivity contribution in [2.45, 2.75) is 45.7 Å². The third kappa shape index (κ3) is 6.40. The monoisotopic (exact) mass is 418 g/mol. The standard InChI is InChI=1S/C21H26N2O7/c1-13(2)10-16(21(28)29-3)22-17(24)12-30-20(27)15-6-4-14(5-7-15)11-23-18(25)8-9-19(23)26/h4-7,13,16H,8-12H2,1-3H3,(H,22,24). The van der Waals surface area contributed by atoms with Gasteiger partial charge in [-0.1, -0.05) is 26.0 Å². The Morgan fingerprint density at radius 1 is 1.07 bits per heavy atom. The van der Waals surface area contributed by atoms with Gasteiger partial charge in [-0.3, -0.25) is 19.3 Å². The van der Waals surface area contributed by atoms with E-state index in [0.717, 1.165) is 0 Å². The van der Waals surface area contributed by atoms with E-state index in [1.807, 2.05) is 13.8 Å². The van der Waals surface area contributed by atoms with Crippen molar-refractivity contribution in [2.75, 3.05) is 13.7 Å². The summed E-state index contributed by atoms with van der Waals surface area (Å²) in [7, 11) is 1.24. The molecule has 1 aromatic rings. The number of esters is 2. The minimum absolute atomic E-state index is 0.153. The van der Waals surface area contributed by atoms with E-state index in [2.05, 4.69) is 10.1 Å². The molecule has 0 spiro atoms. The van der Waals surface area contributed by atoms with Gasteiger partial charge in [-0.25, -0.2) is 9.59 Å². The third-order valence-corrected chi connectivity index (χ3v) is 4.55. The third-order valence-electron chi connectivity index (χ3n) is 4.55. The van der Waals surface area contributed by atoms with E-state index in [9.17, 15) is 24.0 Å². The molecular formula is C21H26N2O7. The van der Waals surface area contributed by atoms with Gasteiger partial charge in [-0.15, -0.1) is 0 Å². The molecule has 0 radical (unpaired) electrons. The fourth-order valence-corrected chi connectivity index (χ4v) is 3.01. The maximum Gasteiger partial charge on any atom is 0.338 e. The molecule has 30 heavy (non-hydrogen) atoms. The number of hydrogen-bond acceptors (Lipinski definition) is 7. The lowest BCUT2D eigenvalue weighted by molar-refractivity contribution is -0.146. The molecule has 1 atom stereocenters. The van der Waals surface area contributed by atoms with Gasteiger partial charge in [-0.05, 0) is 30.0 Å². The first-order valence-corrected chi connectivity index (χ1v) is 9.67. The molecule has 0 aliphatic carbocycles. The zero-order chi connectivity index (χ0) is 22.3. The van der Waals surface area contributed by atoms with Crippen LogP contribution in [-0.4, -0.2) is 54.3 Å². The van der Waals surface area contributed by atoms with E-state index in [0.29, 0.717) is 12.0 Å². The summed E-state index contributed by atoms with van der Waals surface area (Å²) in [6.07, 6.45) is 0.842. The van der Waals surface area contributed by atoms with Crippen molar-refractivity contribution in [3.63, 3.8) is 0 Å². The molecule has 1 saturated heterocycles. The number of hydrogen-bond donors (Lipinski definition) is 1. The summed E-state index contributed by atoms with van der Waals surface area (Å²) in [6.45, 7) is 3.42. The lowest BCUT2D eigenvalue weighted by atomic mass is 10.0. The van der Waals surface area contributed by atoms with Crippen LogP contribution < -0.4 is 5.32 Å². The number of likely N-dealkylation sites (tertiary alicyclic amines) is 1. The summed E-state index contributed by atoms with van der Waals surface area (Å²) in [4.78, 5) is 60.5. The number of rotatable bonds is 9. The number of amides is 3. The Bertz CT molecular complexity index is 801. The Labute approximate surface area is 174 Å². The van der Waals surface area contributed by atoms with Gasteiger partial charge in [0.25, 0.3) is 5.91 Å². The molecule has 9 nitrogen and oxygen atoms in total. The van der Waals surface area contributed by atoms with Crippen LogP contribution in [0.15, 0.2) is 24.3 Å². The van der Waals surface area contributed by atoms with Gasteiger partial charge in [0.1, 0.15) is 6.04 Å². The van der Waals surface area contributed by atoms with Gasteiger partial charge in [-0.2, -0.15) is 0 Å². The minimum atomic E-state index is -0.809. The van der Waals surface area contributed by atoms with E-state index in [1.54, 1.807) is 12.1 Å². The predicted octanol–water partition coefficient (Wildman–Crippen LogP) is 1.20. The first-order valence-electron chi connectivity index (χ1n) is 9.67. The van der Waals surface area contributed by atoms with Crippen LogP contribution in [0.1, 0.15) is 49.0 Å². The van der Waals surface area contributed by atoms with E-state index >= 15 is 0 Å². The van der Waals surface area contributed by atoms with Gasteiger partial charge >= 0.3 is 11.9 Å². The summed E-state index contributed by atoms with van der Waals surface area (Å²) in [5, 5.41) is 2.50. The summed E-state index contributed by atoms with van der Waals surface area (Å²) in [6, 6.07) is 5.42. The molecule has 1 fully saturated rings. The largest absolute Gasteiger partial charge is 0.467 e. The zero-order valence-electron chi connectivity index (χ0n) is 17.3. The first-order chi connectivity index (χ1) is 14.2. The lowest BCUT2D eigenvalue weighted by Gasteiger charge is -2.18. The molecule has 9 heteroatoms. The summed E-state index contributed by atoms with van der Waals surface area (Å²) in [5.74, 6) is -2.14. The SMILES string of the molecule is COC(=O)C(CC(C)C)NC(=O)COC(=O)c1ccc(CN2C(=O)CCC2=O)cc1. The molecular weight excluding hydrogens is 392 g/mol. The highest BCUT2D eigenvalue weighted by Gasteiger charge is 2.28. The number of benzene rings is 1. The first kappa shape index (κ1) is 23.1. The Kier molecular flexibility index (Phi) is 8.08. The van der Waals surface area contributed by atoms with Crippen molar-refractivity contribution in [1.82, 2.24) is 10.2 Å². The molecule has 1 heterocycles. The van der Waals surface area contributed by atoms with Crippen LogP contribution in [0.4, 0.5) is 0 Å². The average Bonchev–Trinajstić information content (AvgIpc) is 3.03. The second kappa shape index (κ2) is 10.5. The number of methoxy groups -OCH3 is 1. The second-order valence-electron chi connectivity index (χ2n) is 7.42. The van der Waals surface area contributed by atoms with E-state index in [-0.39, 0.29) is 42.7 Å². The average molecular weight is 418 g/mol. The lowest BCUT2D eigenvalue weighted by Crippen LogP contribution is -2.44. The number of ether oxygens (including phenoxy) is 2. The Morgan fingerprint density at radius 2 is 1.67 bits per heavy atom. The highest BCUT2D eigenvalue weighted by Crippen LogP contribution is 2.16. The van der Waals surface area contributed by atoms with E-state index in [4.69, 9.17) is 4.74 Å². The van der Waals surface area contributed by atoms with Crippen LogP contribution >= 0.6 is 0 Å². The number of imide groups is 1. The molecule has 1 aliphatic rings. The van der Waals surface area contributed by atoms with Crippen molar-refractivity contribution >= 4 is 29.7 Å². The van der Waals surface area contributed by atoms with Gasteiger partial charge < -0.3 is 14.8 Å². The molecule has 1 aromatic carbocycles. The molecule has 162 valence electrons. The van der Waals surface area contributed by atoms with Crippen LogP contribution in [0.5, 0.6) is 0 Å². The summed E-state index contributed by atoms with van der Waals surface area (Å²) < 4.78 is 9.67. The smallest absolute Gasteiger partial charge is 0.338 e. The Morgan fingerprint density at radius 3 is 2.20 bits per heavy atom. The number of nitrogens with one attached hydrogen (secondary N) is 1. The molecule has 3 amide bonds. The Balaban J connectivity index is 1.86. The van der Waals surface area contributed by atoms with Crippen molar-refractivity contribution in [2.24, 2.45) is 5.92 Å². The van der Waals surface area contributed by atoms with Crippen LogP contribution in [0.2, 0.25) is 0 Å². The summed E-state index contributed by atoms with van der Waals surface area (Å²) in [5.41, 5.74) is 0.917. The summed E-state index contributed by atoms with van der Waals surface area (Å²) >= 11 is 0. The number of nitrogens with zero attached hydrogens (tertiary/aromatic N) is 1. The van der Waals surface area contributed by atoms with Crippen molar-refractivity contribution in [1.29, 1.82) is 0 Å². The second-order valence-corrected chi connectivity index (χ2v) is 7.42. The van der Waals surface area contributed by atoms with E-state index in [1.165, 1.54) is 24.1 Å². The normalized spacial score (nSPS) is 14.6. The van der Waals surface area contributed by atoms with Gasteiger partial charge in [0, 0.05) is 12.8 Å².